The van der Waals surface area contributed by atoms with E-state index in [4.69, 9.17) is 4.74 Å². The summed E-state index contributed by atoms with van der Waals surface area (Å²) in [5, 5.41) is 12.9. The van der Waals surface area contributed by atoms with Crippen LogP contribution in [0.4, 0.5) is 5.69 Å². The fourth-order valence-corrected chi connectivity index (χ4v) is 1.80. The normalized spacial score (nSPS) is 12.0. The number of carbonyl (C=O) groups excluding carboxylic acids is 1. The van der Waals surface area contributed by atoms with E-state index >= 15 is 0 Å². The van der Waals surface area contributed by atoms with Crippen molar-refractivity contribution in [2.75, 3.05) is 18.5 Å². The third-order valence-corrected chi connectivity index (χ3v) is 2.70. The van der Waals surface area contributed by atoms with Crippen molar-refractivity contribution in [3.05, 3.63) is 29.3 Å². The first kappa shape index (κ1) is 14.5. The van der Waals surface area contributed by atoms with E-state index in [0.29, 0.717) is 13.2 Å². The monoisotopic (exact) mass is 251 g/mol. The van der Waals surface area contributed by atoms with Crippen LogP contribution in [0.15, 0.2) is 18.2 Å². The number of aryl methyl sites for hydroxylation is 2. The lowest BCUT2D eigenvalue weighted by Gasteiger charge is -2.15. The number of benzene rings is 1. The zero-order valence-corrected chi connectivity index (χ0v) is 11.2. The molecular weight excluding hydrogens is 230 g/mol. The third-order valence-electron chi connectivity index (χ3n) is 2.70. The summed E-state index contributed by atoms with van der Waals surface area (Å²) < 4.78 is 4.79. The zero-order valence-electron chi connectivity index (χ0n) is 11.2. The van der Waals surface area contributed by atoms with Crippen LogP contribution in [-0.2, 0) is 9.53 Å². The Morgan fingerprint density at radius 3 is 2.56 bits per heavy atom. The van der Waals surface area contributed by atoms with Crippen molar-refractivity contribution in [3.8, 4) is 0 Å². The van der Waals surface area contributed by atoms with Crippen molar-refractivity contribution in [1.82, 2.24) is 0 Å². The van der Waals surface area contributed by atoms with Crippen LogP contribution in [0.5, 0.6) is 0 Å². The molecule has 4 heteroatoms. The van der Waals surface area contributed by atoms with Crippen molar-refractivity contribution in [3.63, 3.8) is 0 Å². The van der Waals surface area contributed by atoms with Crippen LogP contribution in [0.3, 0.4) is 0 Å². The van der Waals surface area contributed by atoms with Gasteiger partial charge in [-0.2, -0.15) is 0 Å². The molecule has 2 N–H and O–H groups in total. The molecule has 0 spiro atoms. The number of hydrogen-bond donors (Lipinski definition) is 2. The summed E-state index contributed by atoms with van der Waals surface area (Å²) in [6.07, 6.45) is -0.714. The number of aliphatic hydroxyl groups is 1. The standard InChI is InChI=1S/C14H21NO3/c1-4-18-13(17)8-12(16)9-15-14-10(2)6-5-7-11(14)3/h5-7,12,15-16H,4,8-9H2,1-3H3. The Bertz CT molecular complexity index is 384. The SMILES string of the molecule is CCOC(=O)CC(O)CNc1c(C)cccc1C. The highest BCUT2D eigenvalue weighted by molar-refractivity contribution is 5.70. The van der Waals surface area contributed by atoms with Crippen LogP contribution in [0.1, 0.15) is 24.5 Å². The zero-order chi connectivity index (χ0) is 13.5. The summed E-state index contributed by atoms with van der Waals surface area (Å²) in [5.74, 6) is -0.367. The second-order valence-corrected chi connectivity index (χ2v) is 4.31. The van der Waals surface area contributed by atoms with Crippen LogP contribution in [-0.4, -0.2) is 30.3 Å². The molecular formula is C14H21NO3. The summed E-state index contributed by atoms with van der Waals surface area (Å²) in [4.78, 5) is 11.2. The number of rotatable bonds is 6. The lowest BCUT2D eigenvalue weighted by atomic mass is 10.1. The molecule has 1 aromatic rings. The molecule has 0 aromatic heterocycles. The van der Waals surface area contributed by atoms with Gasteiger partial charge in [-0.05, 0) is 31.9 Å². The maximum absolute atomic E-state index is 11.2. The molecule has 0 aliphatic carbocycles. The Balaban J connectivity index is 2.47. The summed E-state index contributed by atoms with van der Waals surface area (Å²) in [5.41, 5.74) is 3.26. The quantitative estimate of drug-likeness (QED) is 0.759. The predicted molar refractivity (Wildman–Crippen MR) is 71.7 cm³/mol. The van der Waals surface area contributed by atoms with Gasteiger partial charge in [0.2, 0.25) is 0 Å². The first-order valence-electron chi connectivity index (χ1n) is 6.18. The van der Waals surface area contributed by atoms with E-state index in [9.17, 15) is 9.90 Å². The average molecular weight is 251 g/mol. The van der Waals surface area contributed by atoms with Gasteiger partial charge in [-0.1, -0.05) is 18.2 Å². The third kappa shape index (κ3) is 4.37. The van der Waals surface area contributed by atoms with Gasteiger partial charge in [-0.3, -0.25) is 4.79 Å². The topological polar surface area (TPSA) is 58.6 Å². The van der Waals surface area contributed by atoms with Gasteiger partial charge in [-0.25, -0.2) is 0 Å². The predicted octanol–water partition coefficient (Wildman–Crippen LogP) is 2.03. The minimum Gasteiger partial charge on any atom is -0.466 e. The lowest BCUT2D eigenvalue weighted by Crippen LogP contribution is -2.24. The van der Waals surface area contributed by atoms with Gasteiger partial charge in [0.1, 0.15) is 0 Å². The highest BCUT2D eigenvalue weighted by atomic mass is 16.5. The van der Waals surface area contributed by atoms with Crippen molar-refractivity contribution in [2.45, 2.75) is 33.3 Å². The first-order valence-corrected chi connectivity index (χ1v) is 6.18. The van der Waals surface area contributed by atoms with E-state index in [-0.39, 0.29) is 12.4 Å². The molecule has 0 aliphatic rings. The van der Waals surface area contributed by atoms with Gasteiger partial charge in [0.15, 0.2) is 0 Å². The van der Waals surface area contributed by atoms with Gasteiger partial charge >= 0.3 is 5.97 Å². The van der Waals surface area contributed by atoms with Gasteiger partial charge in [-0.15, -0.1) is 0 Å². The number of hydrogen-bond acceptors (Lipinski definition) is 4. The van der Waals surface area contributed by atoms with Crippen molar-refractivity contribution in [2.24, 2.45) is 0 Å². The van der Waals surface area contributed by atoms with E-state index in [1.807, 2.05) is 32.0 Å². The maximum Gasteiger partial charge on any atom is 0.308 e. The molecule has 1 aromatic carbocycles. The average Bonchev–Trinajstić information content (AvgIpc) is 2.28. The highest BCUT2D eigenvalue weighted by Crippen LogP contribution is 2.19. The molecule has 18 heavy (non-hydrogen) atoms. The van der Waals surface area contributed by atoms with Gasteiger partial charge in [0, 0.05) is 12.2 Å². The molecule has 0 bridgehead atoms. The second kappa shape index (κ2) is 7.01. The molecule has 0 fully saturated rings. The van der Waals surface area contributed by atoms with Crippen LogP contribution < -0.4 is 5.32 Å². The Kier molecular flexibility index (Phi) is 5.65. The molecule has 0 heterocycles. The lowest BCUT2D eigenvalue weighted by molar-refractivity contribution is -0.145. The summed E-state index contributed by atoms with van der Waals surface area (Å²) in [7, 11) is 0. The summed E-state index contributed by atoms with van der Waals surface area (Å²) in [6.45, 7) is 6.44. The molecule has 4 nitrogen and oxygen atoms in total. The smallest absolute Gasteiger partial charge is 0.308 e. The molecule has 1 unspecified atom stereocenters. The number of anilines is 1. The van der Waals surface area contributed by atoms with Crippen LogP contribution in [0.25, 0.3) is 0 Å². The summed E-state index contributed by atoms with van der Waals surface area (Å²) in [6, 6.07) is 6.00. The Labute approximate surface area is 108 Å². The Morgan fingerprint density at radius 2 is 2.00 bits per heavy atom. The number of ether oxygens (including phenoxy) is 1. The molecule has 0 saturated heterocycles. The first-order chi connectivity index (χ1) is 8.54. The molecule has 0 saturated carbocycles. The van der Waals surface area contributed by atoms with Gasteiger partial charge < -0.3 is 15.2 Å². The second-order valence-electron chi connectivity index (χ2n) is 4.31. The van der Waals surface area contributed by atoms with E-state index in [1.165, 1.54) is 0 Å². The van der Waals surface area contributed by atoms with Crippen molar-refractivity contribution >= 4 is 11.7 Å². The Morgan fingerprint density at radius 1 is 1.39 bits per heavy atom. The van der Waals surface area contributed by atoms with E-state index in [1.54, 1.807) is 6.92 Å². The number of para-hydroxylation sites is 1. The van der Waals surface area contributed by atoms with Crippen LogP contribution in [0, 0.1) is 13.8 Å². The van der Waals surface area contributed by atoms with Crippen molar-refractivity contribution in [1.29, 1.82) is 0 Å². The number of nitrogens with one attached hydrogen (secondary N) is 1. The van der Waals surface area contributed by atoms with E-state index in [2.05, 4.69) is 5.32 Å². The van der Waals surface area contributed by atoms with Gasteiger partial charge in [0.05, 0.1) is 19.1 Å². The fourth-order valence-electron chi connectivity index (χ4n) is 1.80. The molecule has 0 amide bonds. The highest BCUT2D eigenvalue weighted by Gasteiger charge is 2.12. The maximum atomic E-state index is 11.2. The van der Waals surface area contributed by atoms with Crippen molar-refractivity contribution < 1.29 is 14.6 Å². The Hall–Kier alpha value is -1.55. The molecule has 1 atom stereocenters. The molecule has 1 rings (SSSR count). The minimum atomic E-state index is -0.733. The minimum absolute atomic E-state index is 0.0196. The molecule has 100 valence electrons. The fraction of sp³-hybridized carbons (Fsp3) is 0.500. The number of carbonyl (C=O) groups is 1. The largest absolute Gasteiger partial charge is 0.466 e. The van der Waals surface area contributed by atoms with Gasteiger partial charge in [0.25, 0.3) is 0 Å². The number of esters is 1. The van der Waals surface area contributed by atoms with Crippen LogP contribution >= 0.6 is 0 Å². The van der Waals surface area contributed by atoms with E-state index in [0.717, 1.165) is 16.8 Å². The molecule has 0 aliphatic heterocycles. The number of aliphatic hydroxyl groups excluding tert-OH is 1. The van der Waals surface area contributed by atoms with E-state index < -0.39 is 6.10 Å². The van der Waals surface area contributed by atoms with Crippen LogP contribution in [0.2, 0.25) is 0 Å². The molecule has 0 radical (unpaired) electrons. The summed E-state index contributed by atoms with van der Waals surface area (Å²) >= 11 is 0.